The fourth-order valence-electron chi connectivity index (χ4n) is 3.84. The molecule has 0 aliphatic carbocycles. The predicted octanol–water partition coefficient (Wildman–Crippen LogP) is 4.72. The van der Waals surface area contributed by atoms with Crippen LogP contribution in [0, 0.1) is 19.7 Å². The molecule has 0 unspecified atom stereocenters. The SMILES string of the molecule is Cc1ccc2cc(CN(CCc3ccccc3C)S(=O)(=O)c3ccc(F)cc3)c(=O)[nH]c2c1. The smallest absolute Gasteiger partial charge is 0.252 e. The van der Waals surface area contributed by atoms with Gasteiger partial charge >= 0.3 is 0 Å². The van der Waals surface area contributed by atoms with E-state index in [9.17, 15) is 17.6 Å². The van der Waals surface area contributed by atoms with Crippen LogP contribution in [0.2, 0.25) is 0 Å². The molecule has 170 valence electrons. The zero-order valence-electron chi connectivity index (χ0n) is 18.5. The number of nitrogens with zero attached hydrogens (tertiary/aromatic N) is 1. The first-order valence-electron chi connectivity index (χ1n) is 10.7. The van der Waals surface area contributed by atoms with E-state index in [1.165, 1.54) is 16.4 Å². The van der Waals surface area contributed by atoms with Crippen molar-refractivity contribution in [2.24, 2.45) is 0 Å². The Morgan fingerprint density at radius 2 is 1.64 bits per heavy atom. The van der Waals surface area contributed by atoms with Crippen molar-refractivity contribution in [2.45, 2.75) is 31.7 Å². The molecule has 1 aromatic heterocycles. The number of hydrogen-bond donors (Lipinski definition) is 1. The molecule has 0 atom stereocenters. The normalized spacial score (nSPS) is 11.9. The number of rotatable bonds is 7. The lowest BCUT2D eigenvalue weighted by Crippen LogP contribution is -2.34. The van der Waals surface area contributed by atoms with Crippen molar-refractivity contribution in [3.05, 3.63) is 111 Å². The van der Waals surface area contributed by atoms with Gasteiger partial charge < -0.3 is 4.98 Å². The first-order chi connectivity index (χ1) is 15.7. The van der Waals surface area contributed by atoms with Gasteiger partial charge in [0.05, 0.1) is 4.90 Å². The largest absolute Gasteiger partial charge is 0.322 e. The summed E-state index contributed by atoms with van der Waals surface area (Å²) in [4.78, 5) is 15.6. The zero-order valence-corrected chi connectivity index (χ0v) is 19.3. The Morgan fingerprint density at radius 1 is 0.909 bits per heavy atom. The molecule has 0 amide bonds. The van der Waals surface area contributed by atoms with Crippen LogP contribution in [0.15, 0.2) is 82.5 Å². The van der Waals surface area contributed by atoms with Crippen molar-refractivity contribution in [1.82, 2.24) is 9.29 Å². The van der Waals surface area contributed by atoms with Gasteiger partial charge in [-0.3, -0.25) is 4.79 Å². The molecule has 0 aliphatic heterocycles. The molecule has 1 N–H and O–H groups in total. The maximum atomic E-state index is 13.5. The van der Waals surface area contributed by atoms with Crippen LogP contribution in [0.25, 0.3) is 10.9 Å². The van der Waals surface area contributed by atoms with Crippen molar-refractivity contribution >= 4 is 20.9 Å². The van der Waals surface area contributed by atoms with E-state index in [2.05, 4.69) is 4.98 Å². The van der Waals surface area contributed by atoms with Gasteiger partial charge in [0.2, 0.25) is 10.0 Å². The molecule has 0 saturated carbocycles. The molecule has 4 rings (SSSR count). The van der Waals surface area contributed by atoms with Gasteiger partial charge in [-0.15, -0.1) is 0 Å². The maximum absolute atomic E-state index is 13.5. The summed E-state index contributed by atoms with van der Waals surface area (Å²) in [5.74, 6) is -0.512. The second-order valence-electron chi connectivity index (χ2n) is 8.18. The van der Waals surface area contributed by atoms with Crippen LogP contribution in [0.5, 0.6) is 0 Å². The van der Waals surface area contributed by atoms with Gasteiger partial charge in [-0.25, -0.2) is 12.8 Å². The van der Waals surface area contributed by atoms with Gasteiger partial charge in [-0.1, -0.05) is 36.4 Å². The van der Waals surface area contributed by atoms with Crippen molar-refractivity contribution < 1.29 is 12.8 Å². The molecule has 1 heterocycles. The van der Waals surface area contributed by atoms with E-state index in [-0.39, 0.29) is 23.5 Å². The predicted molar refractivity (Wildman–Crippen MR) is 128 cm³/mol. The number of nitrogens with one attached hydrogen (secondary N) is 1. The molecule has 0 saturated heterocycles. The van der Waals surface area contributed by atoms with E-state index < -0.39 is 15.8 Å². The molecule has 0 spiro atoms. The van der Waals surface area contributed by atoms with Crippen LogP contribution in [-0.4, -0.2) is 24.3 Å². The average Bonchev–Trinajstić information content (AvgIpc) is 2.78. The Kier molecular flexibility index (Phi) is 6.44. The molecule has 7 heteroatoms. The van der Waals surface area contributed by atoms with Crippen LogP contribution >= 0.6 is 0 Å². The van der Waals surface area contributed by atoms with E-state index in [1.807, 2.05) is 56.3 Å². The Bertz CT molecular complexity index is 1460. The lowest BCUT2D eigenvalue weighted by Gasteiger charge is -2.23. The third-order valence-corrected chi connectivity index (χ3v) is 7.63. The third-order valence-electron chi connectivity index (χ3n) is 5.77. The Morgan fingerprint density at radius 3 is 2.36 bits per heavy atom. The van der Waals surface area contributed by atoms with Gasteiger partial charge in [-0.05, 0) is 78.7 Å². The van der Waals surface area contributed by atoms with Gasteiger partial charge in [0.15, 0.2) is 0 Å². The molecule has 0 aliphatic rings. The molecule has 4 aromatic rings. The highest BCUT2D eigenvalue weighted by Crippen LogP contribution is 2.21. The van der Waals surface area contributed by atoms with Gasteiger partial charge in [0, 0.05) is 24.2 Å². The Balaban J connectivity index is 1.72. The fraction of sp³-hybridized carbons (Fsp3) is 0.192. The number of benzene rings is 3. The summed E-state index contributed by atoms with van der Waals surface area (Å²) in [5.41, 5.74) is 3.83. The standard InChI is InChI=1S/C26H25FN2O3S/c1-18-7-8-21-16-22(26(30)28-25(21)15-18)17-29(14-13-20-6-4-3-5-19(20)2)33(31,32)24-11-9-23(27)10-12-24/h3-12,15-16H,13-14,17H2,1-2H3,(H,28,30). The first kappa shape index (κ1) is 22.9. The Labute approximate surface area is 192 Å². The number of aromatic nitrogens is 1. The number of hydrogen-bond acceptors (Lipinski definition) is 3. The Hall–Kier alpha value is -3.29. The van der Waals surface area contributed by atoms with E-state index in [0.29, 0.717) is 17.5 Å². The van der Waals surface area contributed by atoms with Crippen LogP contribution in [0.4, 0.5) is 4.39 Å². The number of H-pyrrole nitrogens is 1. The summed E-state index contributed by atoms with van der Waals surface area (Å²) in [7, 11) is -3.96. The van der Waals surface area contributed by atoms with E-state index in [4.69, 9.17) is 0 Å². The summed E-state index contributed by atoms with van der Waals surface area (Å²) in [5, 5.41) is 0.827. The summed E-state index contributed by atoms with van der Waals surface area (Å²) in [6, 6.07) is 20.0. The lowest BCUT2D eigenvalue weighted by atomic mass is 10.1. The van der Waals surface area contributed by atoms with Crippen LogP contribution in [-0.2, 0) is 23.0 Å². The minimum absolute atomic E-state index is 0.0125. The van der Waals surface area contributed by atoms with Crippen LogP contribution < -0.4 is 5.56 Å². The minimum Gasteiger partial charge on any atom is -0.322 e. The van der Waals surface area contributed by atoms with Gasteiger partial charge in [-0.2, -0.15) is 4.31 Å². The van der Waals surface area contributed by atoms with Crippen molar-refractivity contribution in [3.63, 3.8) is 0 Å². The van der Waals surface area contributed by atoms with Crippen molar-refractivity contribution in [3.8, 4) is 0 Å². The van der Waals surface area contributed by atoms with Gasteiger partial charge in [0.1, 0.15) is 5.82 Å². The van der Waals surface area contributed by atoms with Gasteiger partial charge in [0.25, 0.3) is 5.56 Å². The zero-order chi connectivity index (χ0) is 23.6. The second kappa shape index (κ2) is 9.29. The highest BCUT2D eigenvalue weighted by Gasteiger charge is 2.26. The molecular formula is C26H25FN2O3S. The number of aryl methyl sites for hydroxylation is 2. The van der Waals surface area contributed by atoms with Crippen molar-refractivity contribution in [1.29, 1.82) is 0 Å². The van der Waals surface area contributed by atoms with Crippen LogP contribution in [0.1, 0.15) is 22.3 Å². The minimum atomic E-state index is -3.96. The molecule has 0 fully saturated rings. The molecule has 33 heavy (non-hydrogen) atoms. The highest BCUT2D eigenvalue weighted by atomic mass is 32.2. The molecule has 0 bridgehead atoms. The average molecular weight is 465 g/mol. The summed E-state index contributed by atoms with van der Waals surface area (Å²) in [6.07, 6.45) is 0.484. The summed E-state index contributed by atoms with van der Waals surface area (Å²) < 4.78 is 41.6. The monoisotopic (exact) mass is 464 g/mol. The van der Waals surface area contributed by atoms with Crippen molar-refractivity contribution in [2.75, 3.05) is 6.54 Å². The number of pyridine rings is 1. The molecule has 5 nitrogen and oxygen atoms in total. The number of aromatic amines is 1. The van der Waals surface area contributed by atoms with E-state index >= 15 is 0 Å². The molecular weight excluding hydrogens is 439 g/mol. The molecule has 3 aromatic carbocycles. The first-order valence-corrected chi connectivity index (χ1v) is 12.1. The summed E-state index contributed by atoms with van der Waals surface area (Å²) >= 11 is 0. The summed E-state index contributed by atoms with van der Waals surface area (Å²) in [6.45, 7) is 4.00. The second-order valence-corrected chi connectivity index (χ2v) is 10.1. The highest BCUT2D eigenvalue weighted by molar-refractivity contribution is 7.89. The number of sulfonamides is 1. The van der Waals surface area contributed by atoms with E-state index in [1.54, 1.807) is 6.07 Å². The number of halogens is 1. The maximum Gasteiger partial charge on any atom is 0.252 e. The van der Waals surface area contributed by atoms with E-state index in [0.717, 1.165) is 34.2 Å². The fourth-order valence-corrected chi connectivity index (χ4v) is 5.26. The van der Waals surface area contributed by atoms with Crippen LogP contribution in [0.3, 0.4) is 0 Å². The number of fused-ring (bicyclic) bond motifs is 1. The lowest BCUT2D eigenvalue weighted by molar-refractivity contribution is 0.408. The topological polar surface area (TPSA) is 70.2 Å². The quantitative estimate of drug-likeness (QED) is 0.430. The third kappa shape index (κ3) is 5.05. The molecule has 0 radical (unpaired) electrons.